The molecule has 5 rings (SSSR count). The van der Waals surface area contributed by atoms with Crippen molar-refractivity contribution in [2.75, 3.05) is 25.4 Å². The Hall–Kier alpha value is -5.31. The number of amides is 2. The highest BCUT2D eigenvalue weighted by Gasteiger charge is 2.24. The Morgan fingerprint density at radius 1 is 0.906 bits per heavy atom. The van der Waals surface area contributed by atoms with Gasteiger partial charge in [-0.3, -0.25) is 14.9 Å². The number of carbonyl (C=O) groups excluding carboxylic acids is 1. The van der Waals surface area contributed by atoms with Gasteiger partial charge in [-0.15, -0.1) is 0 Å². The number of sulfonamides is 1. The van der Waals surface area contributed by atoms with Crippen LogP contribution in [0.25, 0.3) is 11.1 Å². The number of hydrogen-bond donors (Lipinski definition) is 3. The van der Waals surface area contributed by atoms with Crippen molar-refractivity contribution in [3.05, 3.63) is 129 Å². The summed E-state index contributed by atoms with van der Waals surface area (Å²) in [5.74, 6) is -0.892. The molecule has 0 radical (unpaired) electrons. The first-order valence-corrected chi connectivity index (χ1v) is 19.1. The minimum absolute atomic E-state index is 0.0870. The maximum absolute atomic E-state index is 13.3. The highest BCUT2D eigenvalue weighted by molar-refractivity contribution is 7.90. The lowest BCUT2D eigenvalue weighted by Crippen LogP contribution is -2.35. The van der Waals surface area contributed by atoms with Gasteiger partial charge < -0.3 is 24.6 Å². The molecule has 13 nitrogen and oxygen atoms in total. The normalized spacial score (nSPS) is 13.9. The summed E-state index contributed by atoms with van der Waals surface area (Å²) < 4.78 is 39.6. The number of nitro benzene ring substituents is 1. The average Bonchev–Trinajstić information content (AvgIpc) is 3.15. The summed E-state index contributed by atoms with van der Waals surface area (Å²) >= 11 is 0. The molecule has 1 saturated carbocycles. The average molecular weight is 746 g/mol. The summed E-state index contributed by atoms with van der Waals surface area (Å²) in [5, 5.41) is 31.3. The lowest BCUT2D eigenvalue weighted by Gasteiger charge is -2.24. The van der Waals surface area contributed by atoms with Gasteiger partial charge in [0.15, 0.2) is 0 Å². The quantitative estimate of drug-likeness (QED) is 0.0612. The second kappa shape index (κ2) is 18.4. The predicted octanol–water partition coefficient (Wildman–Crippen LogP) is 6.51. The molecular formula is C39H43N3O10S. The van der Waals surface area contributed by atoms with E-state index in [1.807, 2.05) is 54.6 Å². The van der Waals surface area contributed by atoms with Crippen LogP contribution in [0.3, 0.4) is 0 Å². The smallest absolute Gasteiger partial charge is 0.407 e. The van der Waals surface area contributed by atoms with E-state index >= 15 is 0 Å². The number of hydrogen-bond acceptors (Lipinski definition) is 9. The largest absolute Gasteiger partial charge is 0.490 e. The van der Waals surface area contributed by atoms with E-state index in [0.29, 0.717) is 12.0 Å². The number of carboxylic acid groups (broad SMARTS) is 1. The molecule has 0 aromatic heterocycles. The molecule has 0 heterocycles. The monoisotopic (exact) mass is 745 g/mol. The van der Waals surface area contributed by atoms with E-state index in [1.54, 1.807) is 18.2 Å². The molecule has 0 aliphatic heterocycles. The number of nitro groups is 1. The fourth-order valence-electron chi connectivity index (χ4n) is 6.05. The Kier molecular flexibility index (Phi) is 13.5. The maximum Gasteiger partial charge on any atom is 0.407 e. The second-order valence-electron chi connectivity index (χ2n) is 12.9. The van der Waals surface area contributed by atoms with Crippen LogP contribution in [0.1, 0.15) is 65.3 Å². The third-order valence-corrected chi connectivity index (χ3v) is 10.2. The van der Waals surface area contributed by atoms with Crippen molar-refractivity contribution in [1.29, 1.82) is 0 Å². The zero-order valence-electron chi connectivity index (χ0n) is 29.1. The van der Waals surface area contributed by atoms with Gasteiger partial charge >= 0.3 is 6.09 Å². The maximum atomic E-state index is 13.3. The van der Waals surface area contributed by atoms with Crippen LogP contribution in [0.15, 0.2) is 97.1 Å². The third-order valence-electron chi connectivity index (χ3n) is 9.04. The summed E-state index contributed by atoms with van der Waals surface area (Å²) in [6, 6.07) is 27.1. The number of non-ortho nitro benzene ring substituents is 1. The Morgan fingerprint density at radius 3 is 2.25 bits per heavy atom. The number of benzene rings is 4. The minimum Gasteiger partial charge on any atom is -0.490 e. The van der Waals surface area contributed by atoms with Crippen molar-refractivity contribution in [3.8, 4) is 16.9 Å². The highest BCUT2D eigenvalue weighted by Crippen LogP contribution is 2.31. The zero-order valence-corrected chi connectivity index (χ0v) is 30.0. The van der Waals surface area contributed by atoms with Crippen molar-refractivity contribution >= 4 is 27.7 Å². The van der Waals surface area contributed by atoms with Gasteiger partial charge in [0.05, 0.1) is 48.2 Å². The Labute approximate surface area is 308 Å². The van der Waals surface area contributed by atoms with Crippen molar-refractivity contribution in [1.82, 2.24) is 9.62 Å². The summed E-state index contributed by atoms with van der Waals surface area (Å²) in [7, 11) is -4.00. The number of aliphatic hydroxyl groups excluding tert-OH is 1. The summed E-state index contributed by atoms with van der Waals surface area (Å²) in [5.41, 5.74) is 3.65. The number of aliphatic hydroxyl groups is 1. The van der Waals surface area contributed by atoms with Crippen molar-refractivity contribution in [3.63, 3.8) is 0 Å². The van der Waals surface area contributed by atoms with Crippen molar-refractivity contribution in [2.24, 2.45) is 0 Å². The van der Waals surface area contributed by atoms with E-state index in [0.717, 1.165) is 59.3 Å². The van der Waals surface area contributed by atoms with Crippen LogP contribution in [-0.2, 0) is 27.8 Å². The molecule has 1 atom stereocenters. The van der Waals surface area contributed by atoms with Crippen LogP contribution in [0, 0.1) is 10.1 Å². The van der Waals surface area contributed by atoms with E-state index in [4.69, 9.17) is 9.47 Å². The van der Waals surface area contributed by atoms with Gasteiger partial charge in [0.2, 0.25) is 10.0 Å². The Morgan fingerprint density at radius 2 is 1.58 bits per heavy atom. The fraction of sp³-hybridized carbons (Fsp3) is 0.333. The van der Waals surface area contributed by atoms with Crippen molar-refractivity contribution in [2.45, 2.75) is 57.3 Å². The molecule has 14 heteroatoms. The lowest BCUT2D eigenvalue weighted by molar-refractivity contribution is -0.384. The molecule has 0 spiro atoms. The van der Waals surface area contributed by atoms with Gasteiger partial charge in [0.25, 0.3) is 11.6 Å². The highest BCUT2D eigenvalue weighted by atomic mass is 32.2. The summed E-state index contributed by atoms with van der Waals surface area (Å²) in [4.78, 5) is 36.7. The first kappa shape index (κ1) is 38.9. The molecule has 4 aromatic carbocycles. The first-order valence-electron chi connectivity index (χ1n) is 17.4. The molecular weight excluding hydrogens is 703 g/mol. The van der Waals surface area contributed by atoms with Gasteiger partial charge in [-0.1, -0.05) is 67.1 Å². The molecule has 4 aromatic rings. The van der Waals surface area contributed by atoms with E-state index < -0.39 is 33.1 Å². The number of nitrogens with zero attached hydrogens (tertiary/aromatic N) is 2. The van der Waals surface area contributed by atoms with Gasteiger partial charge in [-0.25, -0.2) is 17.9 Å². The van der Waals surface area contributed by atoms with E-state index in [-0.39, 0.29) is 55.2 Å². The SMILES string of the molecule is O=C(NS(=O)(=O)CCOCc1ccccc1)c1ccc(-c2ccc(CCN(C[C@@H](O)c3ccc([N+](=O)[O-])cc3)C(=O)O)cc2)cc1OC1CCCCC1. The van der Waals surface area contributed by atoms with Crippen LogP contribution in [0.2, 0.25) is 0 Å². The Balaban J connectivity index is 1.23. The fourth-order valence-corrected chi connectivity index (χ4v) is 6.89. The molecule has 280 valence electrons. The number of carbonyl (C=O) groups is 2. The Bertz CT molecular complexity index is 1950. The van der Waals surface area contributed by atoms with Gasteiger partial charge in [-0.05, 0) is 84.2 Å². The molecule has 0 bridgehead atoms. The summed E-state index contributed by atoms with van der Waals surface area (Å²) in [6.45, 7) is 0.0573. The molecule has 1 aliphatic rings. The zero-order chi connectivity index (χ0) is 37.8. The standard InChI is InChI=1S/C39H43N3O10S/c43-36(31-15-18-33(19-16-31)42(47)48)26-41(39(45)46)22-21-28-11-13-30(14-12-28)32-17-20-35(37(25-32)52-34-9-5-2-6-10-34)38(44)40-53(49,50)24-23-51-27-29-7-3-1-4-8-29/h1,3-4,7-8,11-20,25,34,36,43H,2,5-6,9-10,21-24,26-27H2,(H,40,44)(H,45,46)/t36-/m1/s1. The van der Waals surface area contributed by atoms with Crippen LogP contribution in [0.4, 0.5) is 10.5 Å². The van der Waals surface area contributed by atoms with Crippen molar-refractivity contribution < 1.29 is 42.6 Å². The van der Waals surface area contributed by atoms with E-state index in [9.17, 15) is 38.3 Å². The topological polar surface area (TPSA) is 186 Å². The number of nitrogens with one attached hydrogen (secondary N) is 1. The lowest BCUT2D eigenvalue weighted by atomic mass is 9.97. The number of ether oxygens (including phenoxy) is 2. The molecule has 1 fully saturated rings. The molecule has 0 saturated heterocycles. The molecule has 3 N–H and O–H groups in total. The summed E-state index contributed by atoms with van der Waals surface area (Å²) in [6.07, 6.45) is 2.65. The second-order valence-corrected chi connectivity index (χ2v) is 14.8. The van der Waals surface area contributed by atoms with Crippen LogP contribution >= 0.6 is 0 Å². The van der Waals surface area contributed by atoms with Gasteiger partial charge in [0, 0.05) is 18.7 Å². The van der Waals surface area contributed by atoms with Crippen LogP contribution in [0.5, 0.6) is 5.75 Å². The molecule has 1 aliphatic carbocycles. The van der Waals surface area contributed by atoms with Gasteiger partial charge in [0.1, 0.15) is 5.75 Å². The third kappa shape index (κ3) is 11.6. The molecule has 53 heavy (non-hydrogen) atoms. The van der Waals surface area contributed by atoms with Crippen LogP contribution < -0.4 is 9.46 Å². The molecule has 2 amide bonds. The minimum atomic E-state index is -4.00. The van der Waals surface area contributed by atoms with Gasteiger partial charge in [-0.2, -0.15) is 0 Å². The number of rotatable bonds is 17. The predicted molar refractivity (Wildman–Crippen MR) is 198 cm³/mol. The van der Waals surface area contributed by atoms with E-state index in [2.05, 4.69) is 4.72 Å². The first-order chi connectivity index (χ1) is 25.5. The van der Waals surface area contributed by atoms with E-state index in [1.165, 1.54) is 24.3 Å². The molecule has 0 unspecified atom stereocenters. The van der Waals surface area contributed by atoms with Crippen LogP contribution in [-0.4, -0.2) is 72.0 Å².